The molecule has 1 heterocycles. The van der Waals surface area contributed by atoms with Gasteiger partial charge >= 0.3 is 0 Å². The number of phenols is 1. The average Bonchev–Trinajstić information content (AvgIpc) is 2.50. The van der Waals surface area contributed by atoms with E-state index in [0.29, 0.717) is 11.7 Å². The Hall–Kier alpha value is -1.44. The van der Waals surface area contributed by atoms with E-state index in [1.165, 1.54) is 5.56 Å². The van der Waals surface area contributed by atoms with E-state index in [1.54, 1.807) is 0 Å². The summed E-state index contributed by atoms with van der Waals surface area (Å²) in [4.78, 5) is 3.02. The van der Waals surface area contributed by atoms with Crippen LogP contribution in [0.15, 0.2) is 24.4 Å². The summed E-state index contributed by atoms with van der Waals surface area (Å²) in [5.41, 5.74) is 2.03. The van der Waals surface area contributed by atoms with Crippen LogP contribution in [0.3, 0.4) is 0 Å². The Labute approximate surface area is 83.6 Å². The van der Waals surface area contributed by atoms with Crippen molar-refractivity contribution in [2.45, 2.75) is 20.3 Å². The Morgan fingerprint density at radius 3 is 2.86 bits per heavy atom. The molecule has 14 heavy (non-hydrogen) atoms. The van der Waals surface area contributed by atoms with E-state index in [9.17, 15) is 5.11 Å². The van der Waals surface area contributed by atoms with Gasteiger partial charge in [-0.1, -0.05) is 13.8 Å². The summed E-state index contributed by atoms with van der Waals surface area (Å²) in [5.74, 6) is 0.967. The first-order valence-corrected chi connectivity index (χ1v) is 4.96. The highest BCUT2D eigenvalue weighted by Crippen LogP contribution is 2.26. The second-order valence-electron chi connectivity index (χ2n) is 4.15. The smallest absolute Gasteiger partial charge is 0.139 e. The van der Waals surface area contributed by atoms with Crippen molar-refractivity contribution in [3.05, 3.63) is 30.0 Å². The van der Waals surface area contributed by atoms with Crippen LogP contribution in [0, 0.1) is 5.92 Å². The van der Waals surface area contributed by atoms with E-state index < -0.39 is 0 Å². The maximum atomic E-state index is 9.72. The lowest BCUT2D eigenvalue weighted by Crippen LogP contribution is -1.93. The summed E-state index contributed by atoms with van der Waals surface area (Å²) in [6, 6.07) is 5.96. The van der Waals surface area contributed by atoms with Crippen molar-refractivity contribution in [3.8, 4) is 5.75 Å². The summed E-state index contributed by atoms with van der Waals surface area (Å²) in [7, 11) is 0. The fraction of sp³-hybridized carbons (Fsp3) is 0.333. The number of fused-ring (bicyclic) bond motifs is 1. The zero-order valence-corrected chi connectivity index (χ0v) is 8.54. The van der Waals surface area contributed by atoms with Crippen LogP contribution >= 0.6 is 0 Å². The van der Waals surface area contributed by atoms with Gasteiger partial charge in [-0.15, -0.1) is 0 Å². The van der Waals surface area contributed by atoms with Gasteiger partial charge in [-0.2, -0.15) is 0 Å². The topological polar surface area (TPSA) is 36.0 Å². The zero-order valence-electron chi connectivity index (χ0n) is 8.54. The molecule has 0 saturated heterocycles. The lowest BCUT2D eigenvalue weighted by atomic mass is 10.0. The number of hydrogen-bond donors (Lipinski definition) is 2. The van der Waals surface area contributed by atoms with Crippen molar-refractivity contribution in [2.24, 2.45) is 5.92 Å². The third kappa shape index (κ3) is 1.60. The van der Waals surface area contributed by atoms with Crippen LogP contribution in [-0.4, -0.2) is 10.1 Å². The molecule has 2 heteroatoms. The maximum Gasteiger partial charge on any atom is 0.139 e. The van der Waals surface area contributed by atoms with Gasteiger partial charge < -0.3 is 10.1 Å². The van der Waals surface area contributed by atoms with Crippen molar-refractivity contribution in [1.29, 1.82) is 0 Å². The minimum absolute atomic E-state index is 0.350. The number of aromatic hydroxyl groups is 1. The predicted molar refractivity (Wildman–Crippen MR) is 58.5 cm³/mol. The Kier molecular flexibility index (Phi) is 2.20. The number of rotatable bonds is 2. The molecule has 1 aromatic carbocycles. The van der Waals surface area contributed by atoms with Crippen LogP contribution in [0.4, 0.5) is 0 Å². The van der Waals surface area contributed by atoms with Crippen LogP contribution in [0.2, 0.25) is 0 Å². The van der Waals surface area contributed by atoms with Crippen molar-refractivity contribution in [3.63, 3.8) is 0 Å². The van der Waals surface area contributed by atoms with Gasteiger partial charge in [-0.25, -0.2) is 0 Å². The molecule has 0 aliphatic rings. The molecule has 1 aromatic heterocycles. The van der Waals surface area contributed by atoms with E-state index in [0.717, 1.165) is 17.3 Å². The first-order chi connectivity index (χ1) is 6.66. The summed E-state index contributed by atoms with van der Waals surface area (Å²) < 4.78 is 0. The monoisotopic (exact) mass is 189 g/mol. The standard InChI is InChI=1S/C12H15NO/c1-8(2)5-9-6-10-3-4-13-12(10)11(14)7-9/h3-4,6-8,13-14H,5H2,1-2H3. The summed E-state index contributed by atoms with van der Waals surface area (Å²) in [5, 5.41) is 10.8. The Balaban J connectivity index is 2.47. The van der Waals surface area contributed by atoms with Gasteiger partial charge in [0.05, 0.1) is 5.52 Å². The number of aromatic nitrogens is 1. The van der Waals surface area contributed by atoms with Gasteiger partial charge in [0.25, 0.3) is 0 Å². The fourth-order valence-electron chi connectivity index (χ4n) is 1.80. The van der Waals surface area contributed by atoms with Crippen LogP contribution in [-0.2, 0) is 6.42 Å². The molecular formula is C12H15NO. The molecule has 2 N–H and O–H groups in total. The molecule has 2 rings (SSSR count). The van der Waals surface area contributed by atoms with E-state index in [-0.39, 0.29) is 0 Å². The number of aromatic amines is 1. The highest BCUT2D eigenvalue weighted by atomic mass is 16.3. The molecule has 0 radical (unpaired) electrons. The highest BCUT2D eigenvalue weighted by molar-refractivity contribution is 5.85. The van der Waals surface area contributed by atoms with Gasteiger partial charge in [-0.05, 0) is 36.1 Å². The van der Waals surface area contributed by atoms with Crippen molar-refractivity contribution < 1.29 is 5.11 Å². The van der Waals surface area contributed by atoms with Gasteiger partial charge in [0.15, 0.2) is 0 Å². The van der Waals surface area contributed by atoms with E-state index in [2.05, 4.69) is 24.9 Å². The van der Waals surface area contributed by atoms with E-state index in [4.69, 9.17) is 0 Å². The molecule has 0 aliphatic heterocycles. The first-order valence-electron chi connectivity index (χ1n) is 4.96. The molecule has 0 spiro atoms. The third-order valence-electron chi connectivity index (χ3n) is 2.34. The van der Waals surface area contributed by atoms with Crippen molar-refractivity contribution in [2.75, 3.05) is 0 Å². The van der Waals surface area contributed by atoms with Gasteiger partial charge in [0, 0.05) is 11.6 Å². The summed E-state index contributed by atoms with van der Waals surface area (Å²) in [6.07, 6.45) is 2.86. The number of phenolic OH excluding ortho intramolecular Hbond substituents is 1. The Morgan fingerprint density at radius 2 is 2.14 bits per heavy atom. The number of hydrogen-bond acceptors (Lipinski definition) is 1. The molecule has 0 fully saturated rings. The molecule has 2 aromatic rings. The van der Waals surface area contributed by atoms with Gasteiger partial charge in [-0.3, -0.25) is 0 Å². The Bertz CT molecular complexity index is 443. The zero-order chi connectivity index (χ0) is 10.1. The van der Waals surface area contributed by atoms with Crippen LogP contribution in [0.25, 0.3) is 10.9 Å². The predicted octanol–water partition coefficient (Wildman–Crippen LogP) is 3.07. The van der Waals surface area contributed by atoms with Crippen LogP contribution in [0.5, 0.6) is 5.75 Å². The number of benzene rings is 1. The molecule has 0 unspecified atom stereocenters. The Morgan fingerprint density at radius 1 is 1.36 bits per heavy atom. The van der Waals surface area contributed by atoms with Crippen molar-refractivity contribution >= 4 is 10.9 Å². The highest BCUT2D eigenvalue weighted by Gasteiger charge is 2.04. The molecular weight excluding hydrogens is 174 g/mol. The largest absolute Gasteiger partial charge is 0.506 e. The quantitative estimate of drug-likeness (QED) is 0.748. The molecule has 0 atom stereocenters. The fourth-order valence-corrected chi connectivity index (χ4v) is 1.80. The first kappa shape index (κ1) is 9.13. The molecule has 0 saturated carbocycles. The minimum atomic E-state index is 0.350. The van der Waals surface area contributed by atoms with Gasteiger partial charge in [0.2, 0.25) is 0 Å². The van der Waals surface area contributed by atoms with Crippen LogP contribution < -0.4 is 0 Å². The van der Waals surface area contributed by atoms with E-state index in [1.807, 2.05) is 18.3 Å². The normalized spacial score (nSPS) is 11.4. The molecule has 0 amide bonds. The number of nitrogens with one attached hydrogen (secondary N) is 1. The lowest BCUT2D eigenvalue weighted by molar-refractivity contribution is 0.479. The molecule has 74 valence electrons. The summed E-state index contributed by atoms with van der Waals surface area (Å²) in [6.45, 7) is 4.36. The lowest BCUT2D eigenvalue weighted by Gasteiger charge is -2.06. The van der Waals surface area contributed by atoms with Crippen LogP contribution in [0.1, 0.15) is 19.4 Å². The molecule has 0 bridgehead atoms. The second-order valence-corrected chi connectivity index (χ2v) is 4.15. The second kappa shape index (κ2) is 3.37. The van der Waals surface area contributed by atoms with Gasteiger partial charge in [0.1, 0.15) is 5.75 Å². The van der Waals surface area contributed by atoms with E-state index >= 15 is 0 Å². The minimum Gasteiger partial charge on any atom is -0.506 e. The van der Waals surface area contributed by atoms with Crippen molar-refractivity contribution in [1.82, 2.24) is 4.98 Å². The third-order valence-corrected chi connectivity index (χ3v) is 2.34. The maximum absolute atomic E-state index is 9.72. The molecule has 0 aliphatic carbocycles. The average molecular weight is 189 g/mol. The molecule has 2 nitrogen and oxygen atoms in total. The SMILES string of the molecule is CC(C)Cc1cc(O)c2[nH]ccc2c1. The summed E-state index contributed by atoms with van der Waals surface area (Å²) >= 11 is 0. The number of H-pyrrole nitrogens is 1.